The van der Waals surface area contributed by atoms with Crippen LogP contribution in [0.3, 0.4) is 0 Å². The van der Waals surface area contributed by atoms with E-state index in [1.165, 1.54) is 0 Å². The van der Waals surface area contributed by atoms with Gasteiger partial charge in [0.05, 0.1) is 23.3 Å². The van der Waals surface area contributed by atoms with Crippen molar-refractivity contribution in [1.29, 1.82) is 0 Å². The fourth-order valence-electron chi connectivity index (χ4n) is 6.89. The highest BCUT2D eigenvalue weighted by Gasteiger charge is 2.23. The second-order valence-electron chi connectivity index (χ2n) is 12.4. The molecule has 0 amide bonds. The van der Waals surface area contributed by atoms with E-state index in [9.17, 15) is 0 Å². The maximum Gasteiger partial charge on any atom is 0.188 e. The van der Waals surface area contributed by atoms with Gasteiger partial charge >= 0.3 is 0 Å². The maximum atomic E-state index is 7.74. The molecule has 0 aliphatic heterocycles. The highest BCUT2D eigenvalue weighted by molar-refractivity contribution is 6.11. The first-order valence-electron chi connectivity index (χ1n) is 16.8. The van der Waals surface area contributed by atoms with Gasteiger partial charge in [-0.2, -0.15) is 0 Å². The Labute approximate surface area is 295 Å². The molecule has 0 unspecified atom stereocenters. The van der Waals surface area contributed by atoms with Gasteiger partial charge in [-0.05, 0) is 46.8 Å². The van der Waals surface area contributed by atoms with E-state index in [1.807, 2.05) is 84.9 Å². The van der Waals surface area contributed by atoms with Crippen molar-refractivity contribution in [2.75, 3.05) is 0 Å². The van der Waals surface area contributed by atoms with Crippen LogP contribution in [0, 0.1) is 6.57 Å². The van der Waals surface area contributed by atoms with Crippen LogP contribution in [0.15, 0.2) is 176 Å². The van der Waals surface area contributed by atoms with Crippen molar-refractivity contribution in [3.05, 3.63) is 187 Å². The summed E-state index contributed by atoms with van der Waals surface area (Å²) in [6.07, 6.45) is 0. The zero-order valence-electron chi connectivity index (χ0n) is 27.5. The molecule has 0 spiro atoms. The van der Waals surface area contributed by atoms with Crippen LogP contribution in [0.1, 0.15) is 0 Å². The summed E-state index contributed by atoms with van der Waals surface area (Å²) in [7, 11) is 0. The first-order chi connectivity index (χ1) is 25.2. The fourth-order valence-corrected chi connectivity index (χ4v) is 6.89. The van der Waals surface area contributed by atoms with Crippen LogP contribution in [0.5, 0.6) is 0 Å². The van der Waals surface area contributed by atoms with Crippen molar-refractivity contribution in [3.63, 3.8) is 0 Å². The zero-order chi connectivity index (χ0) is 34.1. The minimum absolute atomic E-state index is 0.590. The van der Waals surface area contributed by atoms with E-state index >= 15 is 0 Å². The Hall–Kier alpha value is -7.16. The van der Waals surface area contributed by atoms with Crippen molar-refractivity contribution >= 4 is 27.5 Å². The summed E-state index contributed by atoms with van der Waals surface area (Å²) >= 11 is 0. The second-order valence-corrected chi connectivity index (χ2v) is 12.4. The monoisotopic (exact) mass is 651 g/mol. The third-order valence-electron chi connectivity index (χ3n) is 9.25. The van der Waals surface area contributed by atoms with Crippen molar-refractivity contribution in [3.8, 4) is 62.1 Å². The van der Waals surface area contributed by atoms with Crippen molar-refractivity contribution in [2.45, 2.75) is 0 Å². The molecule has 0 N–H and O–H groups in total. The molecule has 0 aliphatic carbocycles. The lowest BCUT2D eigenvalue weighted by atomic mass is 9.92. The van der Waals surface area contributed by atoms with Gasteiger partial charge in [0, 0.05) is 33.2 Å². The molecule has 5 heteroatoms. The summed E-state index contributed by atoms with van der Waals surface area (Å²) in [5.41, 5.74) is 10.7. The fraction of sp³-hybridized carbons (Fsp3) is 0. The lowest BCUT2D eigenvalue weighted by Crippen LogP contribution is -2.04. The van der Waals surface area contributed by atoms with E-state index in [4.69, 9.17) is 21.5 Å². The molecule has 0 radical (unpaired) electrons. The number of aromatic nitrogens is 4. The van der Waals surface area contributed by atoms with Gasteiger partial charge in [0.1, 0.15) is 0 Å². The molecular formula is C46H29N5. The first kappa shape index (κ1) is 29.9. The van der Waals surface area contributed by atoms with E-state index < -0.39 is 0 Å². The number of rotatable bonds is 6. The predicted octanol–water partition coefficient (Wildman–Crippen LogP) is 11.9. The molecule has 5 nitrogen and oxygen atoms in total. The average molecular weight is 652 g/mol. The zero-order valence-corrected chi connectivity index (χ0v) is 27.5. The van der Waals surface area contributed by atoms with Crippen LogP contribution in [0.2, 0.25) is 0 Å². The van der Waals surface area contributed by atoms with Crippen LogP contribution >= 0.6 is 0 Å². The summed E-state index contributed by atoms with van der Waals surface area (Å²) in [5.74, 6) is 1.82. The van der Waals surface area contributed by atoms with Crippen molar-refractivity contribution in [2.24, 2.45) is 0 Å². The lowest BCUT2D eigenvalue weighted by Gasteiger charge is -2.21. The molecule has 2 heterocycles. The van der Waals surface area contributed by atoms with Crippen LogP contribution in [-0.2, 0) is 0 Å². The van der Waals surface area contributed by atoms with Gasteiger partial charge in [-0.3, -0.25) is 0 Å². The highest BCUT2D eigenvalue weighted by atomic mass is 15.0. The topological polar surface area (TPSA) is 48.0 Å². The Balaban J connectivity index is 1.40. The average Bonchev–Trinajstić information content (AvgIpc) is 3.54. The molecule has 2 aromatic heterocycles. The van der Waals surface area contributed by atoms with Crippen LogP contribution in [-0.4, -0.2) is 19.5 Å². The maximum absolute atomic E-state index is 7.74. The van der Waals surface area contributed by atoms with E-state index in [0.717, 1.165) is 66.4 Å². The molecular weight excluding hydrogens is 623 g/mol. The molecule has 0 saturated heterocycles. The van der Waals surface area contributed by atoms with Gasteiger partial charge in [-0.15, -0.1) is 0 Å². The van der Waals surface area contributed by atoms with Crippen molar-refractivity contribution in [1.82, 2.24) is 19.5 Å². The molecule has 51 heavy (non-hydrogen) atoms. The molecule has 9 rings (SSSR count). The van der Waals surface area contributed by atoms with Crippen LogP contribution < -0.4 is 0 Å². The normalized spacial score (nSPS) is 11.1. The standard InChI is InChI=1S/C46H29N5/c1-47-36-26-27-42-40(30-36)37-24-14-15-25-41(37)51(42)43-38(31-16-6-2-7-17-31)28-35(29-39(43)32-18-8-3-9-19-32)46-49-44(33-20-10-4-11-21-33)48-45(50-46)34-22-12-5-13-23-34/h2-30H. The third-order valence-corrected chi connectivity index (χ3v) is 9.25. The van der Waals surface area contributed by atoms with E-state index in [0.29, 0.717) is 23.2 Å². The third kappa shape index (κ3) is 5.42. The summed E-state index contributed by atoms with van der Waals surface area (Å²) < 4.78 is 2.35. The first-order valence-corrected chi connectivity index (χ1v) is 16.8. The number of benzene rings is 7. The number of hydrogen-bond donors (Lipinski definition) is 0. The minimum atomic E-state index is 0.590. The van der Waals surface area contributed by atoms with Gasteiger partial charge < -0.3 is 4.57 Å². The lowest BCUT2D eigenvalue weighted by molar-refractivity contribution is 1.07. The van der Waals surface area contributed by atoms with Gasteiger partial charge in [-0.25, -0.2) is 19.8 Å². The number of para-hydroxylation sites is 1. The van der Waals surface area contributed by atoms with E-state index in [-0.39, 0.29) is 0 Å². The van der Waals surface area contributed by atoms with Crippen molar-refractivity contribution < 1.29 is 0 Å². The van der Waals surface area contributed by atoms with Crippen LogP contribution in [0.4, 0.5) is 5.69 Å². The smallest absolute Gasteiger partial charge is 0.188 e. The Bertz CT molecular complexity index is 2610. The molecule has 9 aromatic rings. The number of fused-ring (bicyclic) bond motifs is 3. The molecule has 0 saturated carbocycles. The molecule has 0 aliphatic rings. The second kappa shape index (κ2) is 12.7. The molecule has 7 aromatic carbocycles. The van der Waals surface area contributed by atoms with Gasteiger partial charge in [0.25, 0.3) is 0 Å². The van der Waals surface area contributed by atoms with E-state index in [1.54, 1.807) is 0 Å². The minimum Gasteiger partial charge on any atom is -0.308 e. The summed E-state index contributed by atoms with van der Waals surface area (Å²) in [6.45, 7) is 7.74. The molecule has 0 atom stereocenters. The molecule has 0 bridgehead atoms. The summed E-state index contributed by atoms with van der Waals surface area (Å²) in [5, 5.41) is 2.14. The SMILES string of the molecule is [C-]#[N+]c1ccc2c(c1)c1ccccc1n2-c1c(-c2ccccc2)cc(-c2nc(-c3ccccc3)nc(-c3ccccc3)n2)cc1-c1ccccc1. The van der Waals surface area contributed by atoms with Crippen LogP contribution in [0.25, 0.3) is 88.8 Å². The Morgan fingerprint density at radius 2 is 0.824 bits per heavy atom. The number of nitrogens with zero attached hydrogens (tertiary/aromatic N) is 5. The van der Waals surface area contributed by atoms with Gasteiger partial charge in [0.15, 0.2) is 23.2 Å². The summed E-state index contributed by atoms with van der Waals surface area (Å²) in [4.78, 5) is 19.0. The van der Waals surface area contributed by atoms with Gasteiger partial charge in [-0.1, -0.05) is 146 Å². The highest BCUT2D eigenvalue weighted by Crippen LogP contribution is 2.44. The molecule has 0 fully saturated rings. The van der Waals surface area contributed by atoms with Gasteiger partial charge in [0.2, 0.25) is 0 Å². The number of hydrogen-bond acceptors (Lipinski definition) is 3. The Kier molecular flexibility index (Phi) is 7.46. The Morgan fingerprint density at radius 1 is 0.392 bits per heavy atom. The predicted molar refractivity (Wildman–Crippen MR) is 208 cm³/mol. The molecule has 238 valence electrons. The Morgan fingerprint density at radius 3 is 1.33 bits per heavy atom. The summed E-state index contributed by atoms with van der Waals surface area (Å²) in [6, 6.07) is 60.0. The largest absolute Gasteiger partial charge is 0.308 e. The quantitative estimate of drug-likeness (QED) is 0.168. The van der Waals surface area contributed by atoms with E-state index in [2.05, 4.69) is 100 Å².